The normalized spacial score (nSPS) is 33.2. The Morgan fingerprint density at radius 1 is 1.10 bits per heavy atom. The summed E-state index contributed by atoms with van der Waals surface area (Å²) in [6.45, 7) is 6.90. The smallest absolute Gasteiger partial charge is 0.409 e. The van der Waals surface area contributed by atoms with Crippen LogP contribution in [-0.4, -0.2) is 148 Å². The molecule has 1 aromatic rings. The molecule has 3 saturated heterocycles. The number of rotatable bonds is 12. The second-order valence-corrected chi connectivity index (χ2v) is 21.0. The Morgan fingerprint density at radius 3 is 2.44 bits per heavy atom. The fourth-order valence-corrected chi connectivity index (χ4v) is 11.3. The van der Waals surface area contributed by atoms with Crippen LogP contribution in [0.1, 0.15) is 84.6 Å². The number of likely N-dealkylation sites (tertiary alicyclic amines) is 1. The Balaban J connectivity index is 1.18. The lowest BCUT2D eigenvalue weighted by Gasteiger charge is -2.42. The number of aliphatic hydroxyl groups is 1. The fourth-order valence-electron chi connectivity index (χ4n) is 9.66. The van der Waals surface area contributed by atoms with E-state index in [9.17, 15) is 42.9 Å². The molecule has 10 atom stereocenters. The van der Waals surface area contributed by atoms with Crippen LogP contribution in [0.2, 0.25) is 5.02 Å². The van der Waals surface area contributed by atoms with Gasteiger partial charge in [-0.15, -0.1) is 0 Å². The molecule has 0 aromatic heterocycles. The molecule has 4 bridgehead atoms. The van der Waals surface area contributed by atoms with E-state index < -0.39 is 106 Å². The van der Waals surface area contributed by atoms with Crippen LogP contribution >= 0.6 is 11.6 Å². The average molecular weight is 991 g/mol. The lowest BCUT2D eigenvalue weighted by atomic mass is 9.81. The quantitative estimate of drug-likeness (QED) is 0.155. The van der Waals surface area contributed by atoms with Crippen LogP contribution in [0.25, 0.3) is 0 Å². The highest BCUT2D eigenvalue weighted by Gasteiger charge is 2.64. The topological polar surface area (TPSA) is 254 Å². The first kappa shape index (κ1) is 52.5. The fraction of sp³-hybridized carbons (Fsp3) is 0.638. The zero-order valence-corrected chi connectivity index (χ0v) is 41.4. The largest absolute Gasteiger partial charge is 0.495 e. The molecular formula is C47H64ClN5O14S. The summed E-state index contributed by atoms with van der Waals surface area (Å²) < 4.78 is 42.7. The number of halogens is 1. The van der Waals surface area contributed by atoms with Gasteiger partial charge in [0.2, 0.25) is 29.5 Å². The lowest BCUT2D eigenvalue weighted by molar-refractivity contribution is -0.162. The predicted molar refractivity (Wildman–Crippen MR) is 248 cm³/mol. The summed E-state index contributed by atoms with van der Waals surface area (Å²) in [4.78, 5) is 96.3. The number of epoxide rings is 1. The second kappa shape index (κ2) is 21.4. The number of imide groups is 1. The van der Waals surface area contributed by atoms with Gasteiger partial charge < -0.3 is 44.3 Å². The van der Waals surface area contributed by atoms with Crippen molar-refractivity contribution in [1.82, 2.24) is 15.1 Å². The number of nitrogens with one attached hydrogen (secondary N) is 1. The zero-order chi connectivity index (χ0) is 50.0. The van der Waals surface area contributed by atoms with E-state index in [0.717, 1.165) is 20.9 Å². The Morgan fingerprint density at radius 2 is 1.79 bits per heavy atom. The van der Waals surface area contributed by atoms with Gasteiger partial charge >= 0.3 is 12.1 Å². The first-order chi connectivity index (χ1) is 32.0. The maximum atomic E-state index is 14.3. The van der Waals surface area contributed by atoms with Crippen molar-refractivity contribution in [3.05, 3.63) is 46.5 Å². The first-order valence-corrected chi connectivity index (χ1v) is 24.6. The standard InChI is InChI=1S/C47H64ClN5O14S/c1-25-10-9-11-35(64-8)47(61)23-33(65-45(60)50-47)26(2)41-46(4,67-41)36(22-38(55)52(6)31-19-29(18-25)20-32(63-7)40(31)48)66-44(59)27(3)51(5)37(54)16-17-68(62)34-21-39(56)53(43(34)58)24-28-12-14-30(15-13-28)42(49)57/h9-11,19-20,26-28,30,33-36,41,61H,12-18,21-24H2,1-8H3,(H2,49,57)(H,50,60)/b11-9+,25-10+/t26?,27-,28?,30?,33?,34?,35?,36?,41?,46?,47?,68?/m0/s1. The van der Waals surface area contributed by atoms with Crippen molar-refractivity contribution in [3.63, 3.8) is 0 Å². The van der Waals surface area contributed by atoms with Gasteiger partial charge in [0.05, 0.1) is 31.7 Å². The van der Waals surface area contributed by atoms with Gasteiger partial charge in [-0.1, -0.05) is 42.3 Å². The molecule has 0 spiro atoms. The van der Waals surface area contributed by atoms with E-state index in [0.29, 0.717) is 43.5 Å². The number of primary amides is 1. The van der Waals surface area contributed by atoms with E-state index in [2.05, 4.69) is 5.32 Å². The number of alkyl carbamates (subject to hydrolysis) is 1. The lowest BCUT2D eigenvalue weighted by Crippen LogP contribution is -2.63. The van der Waals surface area contributed by atoms with Crippen LogP contribution in [-0.2, 0) is 64.9 Å². The summed E-state index contributed by atoms with van der Waals surface area (Å²) >= 11 is 6.79. The maximum absolute atomic E-state index is 14.3. The number of esters is 1. The number of nitrogens with zero attached hydrogens (tertiary/aromatic N) is 3. The number of benzene rings is 1. The molecule has 4 aliphatic heterocycles. The maximum Gasteiger partial charge on any atom is 0.409 e. The molecule has 19 nitrogen and oxygen atoms in total. The number of nitrogens with two attached hydrogens (primary N) is 1. The van der Waals surface area contributed by atoms with Crippen molar-refractivity contribution < 1.29 is 66.6 Å². The van der Waals surface area contributed by atoms with Gasteiger partial charge in [0.25, 0.3) is 0 Å². The number of methoxy groups -OCH3 is 2. The minimum atomic E-state index is -1.89. The number of anilines is 1. The summed E-state index contributed by atoms with van der Waals surface area (Å²) in [6.07, 6.45) is 2.04. The molecule has 4 heterocycles. The van der Waals surface area contributed by atoms with E-state index >= 15 is 0 Å². The highest BCUT2D eigenvalue weighted by molar-refractivity contribution is 7.86. The third-order valence-electron chi connectivity index (χ3n) is 14.3. The Labute approximate surface area is 403 Å². The van der Waals surface area contributed by atoms with Gasteiger partial charge in [-0.2, -0.15) is 0 Å². The number of hydrogen-bond acceptors (Lipinski definition) is 14. The summed E-state index contributed by atoms with van der Waals surface area (Å²) in [7, 11) is 3.87. The first-order valence-electron chi connectivity index (χ1n) is 22.9. The minimum Gasteiger partial charge on any atom is -0.495 e. The number of carbonyl (C=O) groups is 7. The highest BCUT2D eigenvalue weighted by atomic mass is 35.5. The Kier molecular flexibility index (Phi) is 16.5. The van der Waals surface area contributed by atoms with Crippen LogP contribution in [0.5, 0.6) is 5.75 Å². The molecule has 374 valence electrons. The summed E-state index contributed by atoms with van der Waals surface area (Å²) in [5, 5.41) is 13.4. The van der Waals surface area contributed by atoms with Gasteiger partial charge in [0.1, 0.15) is 46.0 Å². The molecule has 0 radical (unpaired) electrons. The van der Waals surface area contributed by atoms with Crippen molar-refractivity contribution in [2.45, 2.75) is 133 Å². The summed E-state index contributed by atoms with van der Waals surface area (Å²) in [5.41, 5.74) is 4.18. The average Bonchev–Trinajstić information content (AvgIpc) is 3.92. The number of hydrogen-bond donors (Lipinski definition) is 3. The van der Waals surface area contributed by atoms with Gasteiger partial charge in [0, 0.05) is 69.0 Å². The molecule has 5 aliphatic rings. The van der Waals surface area contributed by atoms with E-state index in [1.54, 1.807) is 38.1 Å². The predicted octanol–water partition coefficient (Wildman–Crippen LogP) is 3.07. The number of carbonyl (C=O) groups excluding carboxylic acids is 7. The second-order valence-electron chi connectivity index (χ2n) is 18.9. The Bertz CT molecular complexity index is 2250. The van der Waals surface area contributed by atoms with Crippen LogP contribution in [0.3, 0.4) is 0 Å². The van der Waals surface area contributed by atoms with Crippen LogP contribution in [0, 0.1) is 17.8 Å². The molecule has 4 fully saturated rings. The number of likely N-dealkylation sites (N-methyl/N-ethyl adjacent to an activating group) is 1. The monoisotopic (exact) mass is 989 g/mol. The number of amides is 6. The highest BCUT2D eigenvalue weighted by Crippen LogP contribution is 2.49. The van der Waals surface area contributed by atoms with Crippen molar-refractivity contribution in [1.29, 1.82) is 0 Å². The summed E-state index contributed by atoms with van der Waals surface area (Å²) in [5.74, 6) is -4.12. The van der Waals surface area contributed by atoms with Crippen molar-refractivity contribution in [3.8, 4) is 5.75 Å². The molecule has 1 aliphatic carbocycles. The van der Waals surface area contributed by atoms with E-state index in [4.69, 9.17) is 41.0 Å². The number of ether oxygens (including phenoxy) is 5. The van der Waals surface area contributed by atoms with E-state index in [1.165, 1.54) is 40.1 Å². The van der Waals surface area contributed by atoms with Crippen LogP contribution in [0.15, 0.2) is 35.9 Å². The SMILES string of the molecule is COc1cc2cc(c1Cl)N(C)C(=O)CC(OC(=O)[C@H](C)N(C)C(=O)CCS(=O)C1CC(=O)N(CC3CCC(C(N)=O)CC3)C1=O)C1(C)OC1C(C)C1CC(O)(NC(=O)O1)C(OC)/C=C/C=C(\C)C2. The van der Waals surface area contributed by atoms with E-state index in [-0.39, 0.29) is 54.3 Å². The molecule has 4 N–H and O–H groups in total. The Hall–Kier alpha value is -4.89. The number of fused-ring (bicyclic) bond motifs is 5. The van der Waals surface area contributed by atoms with Crippen LogP contribution < -0.4 is 20.7 Å². The molecule has 6 amide bonds. The van der Waals surface area contributed by atoms with Gasteiger partial charge in [-0.25, -0.2) is 9.59 Å². The van der Waals surface area contributed by atoms with Gasteiger partial charge in [0.15, 0.2) is 5.72 Å². The van der Waals surface area contributed by atoms with Crippen LogP contribution in [0.4, 0.5) is 10.5 Å². The molecule has 1 aromatic carbocycles. The molecule has 68 heavy (non-hydrogen) atoms. The summed E-state index contributed by atoms with van der Waals surface area (Å²) in [6, 6.07) is 2.28. The number of allylic oxidation sites excluding steroid dienone is 3. The van der Waals surface area contributed by atoms with E-state index in [1.807, 2.05) is 13.0 Å². The third kappa shape index (κ3) is 11.4. The minimum absolute atomic E-state index is 0.00181. The zero-order valence-electron chi connectivity index (χ0n) is 39.8. The molecule has 21 heteroatoms. The van der Waals surface area contributed by atoms with Crippen molar-refractivity contribution in [2.24, 2.45) is 23.5 Å². The van der Waals surface area contributed by atoms with Gasteiger partial charge in [-0.05, 0) is 76.5 Å². The van der Waals surface area contributed by atoms with Crippen molar-refractivity contribution >= 4 is 69.7 Å². The third-order valence-corrected chi connectivity index (χ3v) is 16.2. The molecular weight excluding hydrogens is 926 g/mol. The molecule has 6 rings (SSSR count). The van der Waals surface area contributed by atoms with Crippen molar-refractivity contribution in [2.75, 3.05) is 45.5 Å². The molecule has 1 saturated carbocycles. The van der Waals surface area contributed by atoms with Gasteiger partial charge in [-0.3, -0.25) is 38.4 Å². The molecule has 9 unspecified atom stereocenters.